The molecule has 7 heteroatoms. The second-order valence-electron chi connectivity index (χ2n) is 3.81. The molecule has 19 heavy (non-hydrogen) atoms. The zero-order chi connectivity index (χ0) is 14.3. The molecule has 1 rings (SSSR count). The molecule has 2 amide bonds. The van der Waals surface area contributed by atoms with Crippen LogP contribution < -0.4 is 10.6 Å². The molecular formula is C12H19N3O4. The van der Waals surface area contributed by atoms with Gasteiger partial charge in [0.1, 0.15) is 11.3 Å². The molecular weight excluding hydrogens is 250 g/mol. The third-order valence-electron chi connectivity index (χ3n) is 2.30. The Morgan fingerprint density at radius 1 is 1.32 bits per heavy atom. The van der Waals surface area contributed by atoms with Crippen LogP contribution in [-0.4, -0.2) is 30.3 Å². The lowest BCUT2D eigenvalue weighted by Gasteiger charge is -2.05. The van der Waals surface area contributed by atoms with Crippen molar-refractivity contribution in [3.8, 4) is 0 Å². The summed E-state index contributed by atoms with van der Waals surface area (Å²) in [5, 5.41) is 8.74. The molecule has 2 N–H and O–H groups in total. The van der Waals surface area contributed by atoms with E-state index in [2.05, 4.69) is 15.8 Å². The standard InChI is InChI=1S/C12H19N3O4/c1-4-7-18-11(16)9-8(5-2)15-19-10(9)14-12(17)13-6-3/h4-7H2,1-3H3,(H2,13,14,17). The summed E-state index contributed by atoms with van der Waals surface area (Å²) >= 11 is 0. The van der Waals surface area contributed by atoms with Gasteiger partial charge in [-0.3, -0.25) is 5.32 Å². The first-order valence-corrected chi connectivity index (χ1v) is 6.34. The van der Waals surface area contributed by atoms with E-state index in [-0.39, 0.29) is 11.4 Å². The molecule has 0 aliphatic carbocycles. The summed E-state index contributed by atoms with van der Waals surface area (Å²) in [7, 11) is 0. The van der Waals surface area contributed by atoms with Gasteiger partial charge in [0, 0.05) is 6.54 Å². The van der Waals surface area contributed by atoms with E-state index < -0.39 is 12.0 Å². The molecule has 0 radical (unpaired) electrons. The summed E-state index contributed by atoms with van der Waals surface area (Å²) < 4.78 is 10.0. The average Bonchev–Trinajstić information content (AvgIpc) is 2.79. The highest BCUT2D eigenvalue weighted by Gasteiger charge is 2.24. The zero-order valence-electron chi connectivity index (χ0n) is 11.4. The lowest BCUT2D eigenvalue weighted by Crippen LogP contribution is -2.28. The first kappa shape index (κ1) is 15.0. The normalized spacial score (nSPS) is 10.1. The van der Waals surface area contributed by atoms with Crippen molar-refractivity contribution in [1.29, 1.82) is 0 Å². The van der Waals surface area contributed by atoms with E-state index in [0.29, 0.717) is 25.3 Å². The maximum atomic E-state index is 11.9. The molecule has 0 aromatic carbocycles. The number of hydrogen-bond acceptors (Lipinski definition) is 5. The number of urea groups is 1. The highest BCUT2D eigenvalue weighted by Crippen LogP contribution is 2.21. The predicted molar refractivity (Wildman–Crippen MR) is 69.1 cm³/mol. The fourth-order valence-corrected chi connectivity index (χ4v) is 1.44. The van der Waals surface area contributed by atoms with E-state index in [1.54, 1.807) is 6.92 Å². The molecule has 1 aromatic heterocycles. The molecule has 0 saturated heterocycles. The van der Waals surface area contributed by atoms with E-state index in [1.165, 1.54) is 0 Å². The van der Waals surface area contributed by atoms with Gasteiger partial charge in [-0.1, -0.05) is 19.0 Å². The number of aryl methyl sites for hydroxylation is 1. The number of amides is 2. The van der Waals surface area contributed by atoms with E-state index in [9.17, 15) is 9.59 Å². The van der Waals surface area contributed by atoms with Crippen molar-refractivity contribution in [2.45, 2.75) is 33.6 Å². The van der Waals surface area contributed by atoms with Gasteiger partial charge in [-0.25, -0.2) is 9.59 Å². The summed E-state index contributed by atoms with van der Waals surface area (Å²) in [5.74, 6) is -0.518. The van der Waals surface area contributed by atoms with E-state index in [4.69, 9.17) is 9.26 Å². The summed E-state index contributed by atoms with van der Waals surface area (Å²) in [6, 6.07) is -0.453. The average molecular weight is 269 g/mol. The topological polar surface area (TPSA) is 93.5 Å². The minimum absolute atomic E-state index is 0.0175. The number of carbonyl (C=O) groups is 2. The maximum absolute atomic E-state index is 11.9. The summed E-state index contributed by atoms with van der Waals surface area (Å²) in [5.41, 5.74) is 0.648. The Balaban J connectivity index is 2.89. The molecule has 0 bridgehead atoms. The molecule has 106 valence electrons. The van der Waals surface area contributed by atoms with Crippen molar-refractivity contribution in [2.75, 3.05) is 18.5 Å². The molecule has 7 nitrogen and oxygen atoms in total. The van der Waals surface area contributed by atoms with Gasteiger partial charge in [-0.05, 0) is 19.8 Å². The van der Waals surface area contributed by atoms with Gasteiger partial charge < -0.3 is 14.6 Å². The summed E-state index contributed by atoms with van der Waals surface area (Å²) in [4.78, 5) is 23.3. The number of ether oxygens (including phenoxy) is 1. The lowest BCUT2D eigenvalue weighted by atomic mass is 10.2. The van der Waals surface area contributed by atoms with E-state index >= 15 is 0 Å². The van der Waals surface area contributed by atoms with Crippen LogP contribution in [-0.2, 0) is 11.2 Å². The zero-order valence-corrected chi connectivity index (χ0v) is 11.4. The minimum atomic E-state index is -0.535. The highest BCUT2D eigenvalue weighted by atomic mass is 16.5. The van der Waals surface area contributed by atoms with Gasteiger partial charge in [0.25, 0.3) is 0 Å². The number of hydrogen-bond donors (Lipinski definition) is 2. The fraction of sp³-hybridized carbons (Fsp3) is 0.583. The SMILES string of the molecule is CCCOC(=O)c1c(CC)noc1NC(=O)NCC. The summed E-state index contributed by atoms with van der Waals surface area (Å²) in [6.07, 6.45) is 1.23. The van der Waals surface area contributed by atoms with Gasteiger partial charge in [-0.15, -0.1) is 0 Å². The molecule has 0 fully saturated rings. The Labute approximate surface area is 111 Å². The number of esters is 1. The van der Waals surface area contributed by atoms with Crippen LogP contribution in [0.5, 0.6) is 0 Å². The Kier molecular flexibility index (Phi) is 5.84. The number of carbonyl (C=O) groups excluding carboxylic acids is 2. The number of aromatic nitrogens is 1. The van der Waals surface area contributed by atoms with E-state index in [1.807, 2.05) is 13.8 Å². The van der Waals surface area contributed by atoms with Crippen LogP contribution in [0.15, 0.2) is 4.52 Å². The van der Waals surface area contributed by atoms with Crippen molar-refractivity contribution in [1.82, 2.24) is 10.5 Å². The van der Waals surface area contributed by atoms with Gasteiger partial charge in [-0.2, -0.15) is 0 Å². The Morgan fingerprint density at radius 3 is 2.63 bits per heavy atom. The molecule has 0 spiro atoms. The second kappa shape index (κ2) is 7.40. The van der Waals surface area contributed by atoms with Crippen LogP contribution in [0.4, 0.5) is 10.7 Å². The Hall–Kier alpha value is -2.05. The van der Waals surface area contributed by atoms with Crippen LogP contribution in [0, 0.1) is 0 Å². The lowest BCUT2D eigenvalue weighted by molar-refractivity contribution is 0.0505. The third kappa shape index (κ3) is 3.97. The molecule has 0 saturated carbocycles. The number of nitrogens with one attached hydrogen (secondary N) is 2. The number of anilines is 1. The molecule has 1 aromatic rings. The van der Waals surface area contributed by atoms with Crippen LogP contribution in [0.3, 0.4) is 0 Å². The molecule has 0 atom stereocenters. The van der Waals surface area contributed by atoms with Gasteiger partial charge in [0.15, 0.2) is 0 Å². The summed E-state index contributed by atoms with van der Waals surface area (Å²) in [6.45, 7) is 6.30. The first-order valence-electron chi connectivity index (χ1n) is 6.34. The van der Waals surface area contributed by atoms with Gasteiger partial charge >= 0.3 is 12.0 Å². The Morgan fingerprint density at radius 2 is 2.05 bits per heavy atom. The van der Waals surface area contributed by atoms with Crippen molar-refractivity contribution in [3.63, 3.8) is 0 Å². The molecule has 1 heterocycles. The third-order valence-corrected chi connectivity index (χ3v) is 2.30. The Bertz CT molecular complexity index is 442. The van der Waals surface area contributed by atoms with Crippen molar-refractivity contribution < 1.29 is 18.8 Å². The quantitative estimate of drug-likeness (QED) is 0.770. The van der Waals surface area contributed by atoms with Crippen LogP contribution in [0.1, 0.15) is 43.2 Å². The largest absolute Gasteiger partial charge is 0.462 e. The first-order chi connectivity index (χ1) is 9.13. The minimum Gasteiger partial charge on any atom is -0.462 e. The van der Waals surface area contributed by atoms with Gasteiger partial charge in [0.05, 0.1) is 6.61 Å². The predicted octanol–water partition coefficient (Wildman–Crippen LogP) is 1.95. The van der Waals surface area contributed by atoms with Gasteiger partial charge in [0.2, 0.25) is 5.88 Å². The van der Waals surface area contributed by atoms with Crippen LogP contribution in [0.25, 0.3) is 0 Å². The molecule has 0 unspecified atom stereocenters. The van der Waals surface area contributed by atoms with Crippen molar-refractivity contribution in [3.05, 3.63) is 11.3 Å². The van der Waals surface area contributed by atoms with Crippen molar-refractivity contribution in [2.24, 2.45) is 0 Å². The number of nitrogens with zero attached hydrogens (tertiary/aromatic N) is 1. The van der Waals surface area contributed by atoms with Crippen LogP contribution in [0.2, 0.25) is 0 Å². The smallest absolute Gasteiger partial charge is 0.345 e. The van der Waals surface area contributed by atoms with E-state index in [0.717, 1.165) is 6.42 Å². The fourth-order valence-electron chi connectivity index (χ4n) is 1.44. The van der Waals surface area contributed by atoms with Crippen molar-refractivity contribution >= 4 is 17.9 Å². The maximum Gasteiger partial charge on any atom is 0.345 e. The second-order valence-corrected chi connectivity index (χ2v) is 3.81. The molecule has 0 aliphatic rings. The number of rotatable bonds is 6. The monoisotopic (exact) mass is 269 g/mol. The van der Waals surface area contributed by atoms with Crippen LogP contribution >= 0.6 is 0 Å². The molecule has 0 aliphatic heterocycles. The highest BCUT2D eigenvalue weighted by molar-refractivity contribution is 5.99.